The van der Waals surface area contributed by atoms with Crippen molar-refractivity contribution < 1.29 is 37.1 Å². The lowest BCUT2D eigenvalue weighted by Gasteiger charge is -2.24. The van der Waals surface area contributed by atoms with E-state index < -0.39 is 48.1 Å². The molecule has 7 nitrogen and oxygen atoms in total. The number of fused-ring (bicyclic) bond motifs is 1. The molecule has 3 rings (SSSR count). The first-order valence-electron chi connectivity index (χ1n) is 10.3. The molecule has 0 saturated carbocycles. The number of benzene rings is 2. The first-order valence-corrected chi connectivity index (χ1v) is 10.7. The molecule has 180 valence electrons. The van der Waals surface area contributed by atoms with E-state index in [2.05, 4.69) is 5.32 Å². The van der Waals surface area contributed by atoms with E-state index in [9.17, 15) is 32.3 Å². The van der Waals surface area contributed by atoms with Crippen LogP contribution in [-0.2, 0) is 20.5 Å². The van der Waals surface area contributed by atoms with E-state index in [0.717, 1.165) is 17.0 Å². The standard InChI is InChI=1S/C23H20ClF3N2O5/c1-2-3-8-18(29-20(31)14-6-4-5-7-15(14)21(29)32)22(33)34-12-19(30)28-17-11-13(23(25,26)27)9-10-16(17)24/h4-7,9-11,18H,2-3,8,12H2,1H3,(H,28,30)/t18-/m1/s1. The van der Waals surface area contributed by atoms with Crippen LogP contribution in [0.25, 0.3) is 0 Å². The summed E-state index contributed by atoms with van der Waals surface area (Å²) >= 11 is 5.85. The molecule has 2 aromatic rings. The Morgan fingerprint density at radius 1 is 1.09 bits per heavy atom. The highest BCUT2D eigenvalue weighted by atomic mass is 35.5. The zero-order valence-corrected chi connectivity index (χ0v) is 18.7. The summed E-state index contributed by atoms with van der Waals surface area (Å²) in [7, 11) is 0. The summed E-state index contributed by atoms with van der Waals surface area (Å²) < 4.78 is 43.7. The van der Waals surface area contributed by atoms with E-state index in [0.29, 0.717) is 18.9 Å². The summed E-state index contributed by atoms with van der Waals surface area (Å²) in [6.45, 7) is 1.01. The number of imide groups is 1. The fourth-order valence-corrected chi connectivity index (χ4v) is 3.62. The van der Waals surface area contributed by atoms with Crippen LogP contribution in [0.5, 0.6) is 0 Å². The van der Waals surface area contributed by atoms with Crippen molar-refractivity contribution in [2.24, 2.45) is 0 Å². The number of carbonyl (C=O) groups excluding carboxylic acids is 4. The Morgan fingerprint density at radius 3 is 2.26 bits per heavy atom. The molecule has 2 aromatic carbocycles. The van der Waals surface area contributed by atoms with Gasteiger partial charge in [0.05, 0.1) is 27.4 Å². The minimum Gasteiger partial charge on any atom is -0.454 e. The van der Waals surface area contributed by atoms with Crippen molar-refractivity contribution in [2.45, 2.75) is 38.4 Å². The molecule has 34 heavy (non-hydrogen) atoms. The lowest BCUT2D eigenvalue weighted by Crippen LogP contribution is -2.46. The number of amides is 3. The Kier molecular flexibility index (Phi) is 7.61. The number of esters is 1. The Labute approximate surface area is 197 Å². The number of hydrogen-bond acceptors (Lipinski definition) is 5. The van der Waals surface area contributed by atoms with Crippen LogP contribution in [0.1, 0.15) is 52.5 Å². The van der Waals surface area contributed by atoms with Crippen LogP contribution in [0.15, 0.2) is 42.5 Å². The van der Waals surface area contributed by atoms with Gasteiger partial charge in [0.25, 0.3) is 17.7 Å². The second kappa shape index (κ2) is 10.3. The maximum absolute atomic E-state index is 12.9. The minimum atomic E-state index is -4.64. The van der Waals surface area contributed by atoms with Crippen molar-refractivity contribution in [1.82, 2.24) is 4.90 Å². The van der Waals surface area contributed by atoms with Crippen LogP contribution in [-0.4, -0.2) is 41.2 Å². The largest absolute Gasteiger partial charge is 0.454 e. The summed E-state index contributed by atoms with van der Waals surface area (Å²) in [5.41, 5.74) is -0.993. The van der Waals surface area contributed by atoms with Gasteiger partial charge >= 0.3 is 12.1 Å². The molecular formula is C23H20ClF3N2O5. The van der Waals surface area contributed by atoms with Crippen molar-refractivity contribution in [2.75, 3.05) is 11.9 Å². The summed E-state index contributed by atoms with van der Waals surface area (Å²) in [6.07, 6.45) is -3.35. The topological polar surface area (TPSA) is 92.8 Å². The van der Waals surface area contributed by atoms with Gasteiger partial charge < -0.3 is 10.1 Å². The Bertz CT molecular complexity index is 1100. The van der Waals surface area contributed by atoms with Gasteiger partial charge in [0.15, 0.2) is 6.61 Å². The lowest BCUT2D eigenvalue weighted by molar-refractivity contribution is -0.151. The Balaban J connectivity index is 1.70. The number of anilines is 1. The van der Waals surface area contributed by atoms with Crippen LogP contribution < -0.4 is 5.32 Å². The van der Waals surface area contributed by atoms with E-state index in [1.54, 1.807) is 12.1 Å². The third kappa shape index (κ3) is 5.39. The second-order valence-corrected chi connectivity index (χ2v) is 7.94. The van der Waals surface area contributed by atoms with Gasteiger partial charge in [-0.05, 0) is 36.8 Å². The molecule has 1 atom stereocenters. The van der Waals surface area contributed by atoms with Gasteiger partial charge in [-0.2, -0.15) is 13.2 Å². The molecule has 1 N–H and O–H groups in total. The normalized spacial score (nSPS) is 14.1. The molecule has 0 saturated heterocycles. The van der Waals surface area contributed by atoms with Gasteiger partial charge in [0, 0.05) is 0 Å². The highest BCUT2D eigenvalue weighted by Crippen LogP contribution is 2.34. The summed E-state index contributed by atoms with van der Waals surface area (Å²) in [5, 5.41) is 2.03. The molecule has 3 amide bonds. The fraction of sp³-hybridized carbons (Fsp3) is 0.304. The number of nitrogens with one attached hydrogen (secondary N) is 1. The molecule has 0 radical (unpaired) electrons. The van der Waals surface area contributed by atoms with Gasteiger partial charge in [-0.25, -0.2) is 4.79 Å². The van der Waals surface area contributed by atoms with Crippen molar-refractivity contribution >= 4 is 41.0 Å². The average molecular weight is 497 g/mol. The van der Waals surface area contributed by atoms with Gasteiger partial charge in [-0.1, -0.05) is 43.5 Å². The SMILES string of the molecule is CCCC[C@H](C(=O)OCC(=O)Nc1cc(C(F)(F)F)ccc1Cl)N1C(=O)c2ccccc2C1=O. The summed E-state index contributed by atoms with van der Waals surface area (Å²) in [6, 6.07) is 7.29. The summed E-state index contributed by atoms with van der Waals surface area (Å²) in [5.74, 6) is -3.20. The molecule has 0 fully saturated rings. The van der Waals surface area contributed by atoms with Crippen molar-refractivity contribution in [1.29, 1.82) is 0 Å². The van der Waals surface area contributed by atoms with Crippen LogP contribution >= 0.6 is 11.6 Å². The van der Waals surface area contributed by atoms with Crippen molar-refractivity contribution in [3.05, 3.63) is 64.2 Å². The molecule has 1 aliphatic rings. The molecule has 0 unspecified atom stereocenters. The van der Waals surface area contributed by atoms with Crippen LogP contribution in [0, 0.1) is 0 Å². The minimum absolute atomic E-state index is 0.127. The van der Waals surface area contributed by atoms with Crippen molar-refractivity contribution in [3.63, 3.8) is 0 Å². The smallest absolute Gasteiger partial charge is 0.416 e. The number of alkyl halides is 3. The van der Waals surface area contributed by atoms with E-state index in [1.807, 2.05) is 6.92 Å². The zero-order valence-electron chi connectivity index (χ0n) is 17.9. The van der Waals surface area contributed by atoms with Gasteiger partial charge in [0.1, 0.15) is 6.04 Å². The summed E-state index contributed by atoms with van der Waals surface area (Å²) in [4.78, 5) is 51.3. The number of halogens is 4. The average Bonchev–Trinajstić information content (AvgIpc) is 3.04. The van der Waals surface area contributed by atoms with Gasteiger partial charge in [-0.15, -0.1) is 0 Å². The highest BCUT2D eigenvalue weighted by Gasteiger charge is 2.43. The molecule has 0 spiro atoms. The van der Waals surface area contributed by atoms with Crippen LogP contribution in [0.2, 0.25) is 5.02 Å². The maximum Gasteiger partial charge on any atom is 0.416 e. The van der Waals surface area contributed by atoms with E-state index in [-0.39, 0.29) is 28.3 Å². The first kappa shape index (κ1) is 25.2. The Morgan fingerprint density at radius 2 is 1.71 bits per heavy atom. The molecule has 0 bridgehead atoms. The molecular weight excluding hydrogens is 477 g/mol. The number of carbonyl (C=O) groups is 4. The van der Waals surface area contributed by atoms with E-state index >= 15 is 0 Å². The maximum atomic E-state index is 12.9. The number of hydrogen-bond donors (Lipinski definition) is 1. The molecule has 1 aliphatic heterocycles. The fourth-order valence-electron chi connectivity index (χ4n) is 3.46. The number of rotatable bonds is 8. The molecule has 1 heterocycles. The number of ether oxygens (including phenoxy) is 1. The number of nitrogens with zero attached hydrogens (tertiary/aromatic N) is 1. The molecule has 0 aromatic heterocycles. The molecule has 0 aliphatic carbocycles. The predicted molar refractivity (Wildman–Crippen MR) is 116 cm³/mol. The molecule has 11 heteroatoms. The first-order chi connectivity index (χ1) is 16.0. The Hall–Kier alpha value is -3.40. The third-order valence-corrected chi connectivity index (χ3v) is 5.48. The van der Waals surface area contributed by atoms with Crippen molar-refractivity contribution in [3.8, 4) is 0 Å². The lowest BCUT2D eigenvalue weighted by atomic mass is 10.1. The van der Waals surface area contributed by atoms with Crippen LogP contribution in [0.3, 0.4) is 0 Å². The van der Waals surface area contributed by atoms with E-state index in [4.69, 9.17) is 16.3 Å². The van der Waals surface area contributed by atoms with Gasteiger partial charge in [0.2, 0.25) is 0 Å². The van der Waals surface area contributed by atoms with E-state index in [1.165, 1.54) is 12.1 Å². The zero-order chi connectivity index (χ0) is 25.0. The predicted octanol–water partition coefficient (Wildman–Crippen LogP) is 4.70. The monoisotopic (exact) mass is 496 g/mol. The highest BCUT2D eigenvalue weighted by molar-refractivity contribution is 6.33. The third-order valence-electron chi connectivity index (χ3n) is 5.15. The van der Waals surface area contributed by atoms with Gasteiger partial charge in [-0.3, -0.25) is 19.3 Å². The number of unbranched alkanes of at least 4 members (excludes halogenated alkanes) is 1. The second-order valence-electron chi connectivity index (χ2n) is 7.53. The quantitative estimate of drug-likeness (QED) is 0.422. The van der Waals surface area contributed by atoms with Crippen LogP contribution in [0.4, 0.5) is 18.9 Å².